The van der Waals surface area contributed by atoms with Crippen molar-refractivity contribution in [3.63, 3.8) is 0 Å². The predicted octanol–water partition coefficient (Wildman–Crippen LogP) is 4.41. The molecule has 2 aliphatic rings. The molecule has 0 bridgehead atoms. The Morgan fingerprint density at radius 1 is 0.932 bits per heavy atom. The van der Waals surface area contributed by atoms with E-state index < -0.39 is 5.91 Å². The summed E-state index contributed by atoms with van der Waals surface area (Å²) in [6.07, 6.45) is 3.19. The smallest absolute Gasteiger partial charge is 0.283 e. The number of rotatable bonds is 10. The van der Waals surface area contributed by atoms with Gasteiger partial charge in [0.2, 0.25) is 0 Å². The van der Waals surface area contributed by atoms with Crippen LogP contribution in [0.5, 0.6) is 11.5 Å². The van der Waals surface area contributed by atoms with Gasteiger partial charge in [0.05, 0.1) is 19.8 Å². The Kier molecular flexibility index (Phi) is 7.99. The highest BCUT2D eigenvalue weighted by Gasteiger charge is 2.32. The number of hydrogen-bond acceptors (Lipinski definition) is 7. The third kappa shape index (κ3) is 5.71. The molecule has 4 aromatic rings. The summed E-state index contributed by atoms with van der Waals surface area (Å²) in [5, 5.41) is 0. The highest BCUT2D eigenvalue weighted by molar-refractivity contribution is 6.10. The van der Waals surface area contributed by atoms with E-state index >= 15 is 0 Å². The van der Waals surface area contributed by atoms with E-state index in [-0.39, 0.29) is 23.6 Å². The maximum absolute atomic E-state index is 13.6. The lowest BCUT2D eigenvalue weighted by Gasteiger charge is -2.21. The lowest BCUT2D eigenvalue weighted by atomic mass is 10.1. The second-order valence-corrected chi connectivity index (χ2v) is 11.0. The SMILES string of the molecule is COc1ccc(N2Cc3ccc(CN4Cc5cnc(C(=O)NN)cc5C4=O)cc3C2=O)cc1OC(C)CCc1ccccc1. The van der Waals surface area contributed by atoms with Crippen LogP contribution in [-0.2, 0) is 26.1 Å². The van der Waals surface area contributed by atoms with Crippen LogP contribution >= 0.6 is 0 Å². The number of nitrogens with two attached hydrogens (primary N) is 1. The molecule has 6 rings (SSSR count). The first-order valence-electron chi connectivity index (χ1n) is 14.5. The van der Waals surface area contributed by atoms with Crippen LogP contribution in [0.3, 0.4) is 0 Å². The average molecular weight is 592 g/mol. The molecule has 1 unspecified atom stereocenters. The zero-order valence-electron chi connectivity index (χ0n) is 24.6. The van der Waals surface area contributed by atoms with Crippen LogP contribution in [0.1, 0.15) is 66.8 Å². The molecule has 0 saturated heterocycles. The number of aryl methyl sites for hydroxylation is 1. The van der Waals surface area contributed by atoms with Crippen molar-refractivity contribution < 1.29 is 23.9 Å². The van der Waals surface area contributed by atoms with Crippen molar-refractivity contribution in [3.8, 4) is 11.5 Å². The van der Waals surface area contributed by atoms with Crippen LogP contribution in [0.25, 0.3) is 0 Å². The van der Waals surface area contributed by atoms with E-state index in [1.807, 2.05) is 66.9 Å². The van der Waals surface area contributed by atoms with Gasteiger partial charge >= 0.3 is 0 Å². The van der Waals surface area contributed by atoms with Crippen molar-refractivity contribution >= 4 is 23.4 Å². The number of aromatic nitrogens is 1. The van der Waals surface area contributed by atoms with Crippen molar-refractivity contribution in [2.45, 2.75) is 45.5 Å². The molecule has 0 saturated carbocycles. The number of amides is 3. The Balaban J connectivity index is 1.14. The topological polar surface area (TPSA) is 127 Å². The number of carbonyl (C=O) groups is 3. The molecular formula is C34H33N5O5. The number of nitrogens with one attached hydrogen (secondary N) is 1. The normalized spacial score (nSPS) is 14.3. The summed E-state index contributed by atoms with van der Waals surface area (Å²) in [5.41, 5.74) is 7.59. The molecule has 44 heavy (non-hydrogen) atoms. The molecule has 10 nitrogen and oxygen atoms in total. The first kappa shape index (κ1) is 28.9. The third-order valence-corrected chi connectivity index (χ3v) is 8.05. The van der Waals surface area contributed by atoms with E-state index in [0.717, 1.165) is 29.5 Å². The first-order valence-corrected chi connectivity index (χ1v) is 14.5. The molecule has 10 heteroatoms. The van der Waals surface area contributed by atoms with Gasteiger partial charge in [0, 0.05) is 47.7 Å². The number of methoxy groups -OCH3 is 1. The second kappa shape index (κ2) is 12.2. The number of hydrogen-bond donors (Lipinski definition) is 2. The minimum Gasteiger partial charge on any atom is -0.493 e. The van der Waals surface area contributed by atoms with Crippen molar-refractivity contribution in [2.75, 3.05) is 12.0 Å². The van der Waals surface area contributed by atoms with E-state index in [4.69, 9.17) is 15.3 Å². The molecule has 0 fully saturated rings. The number of pyridine rings is 1. The number of benzene rings is 3. The van der Waals surface area contributed by atoms with Crippen molar-refractivity contribution in [1.29, 1.82) is 0 Å². The van der Waals surface area contributed by atoms with Gasteiger partial charge in [-0.05, 0) is 60.7 Å². The zero-order valence-corrected chi connectivity index (χ0v) is 24.6. The quantitative estimate of drug-likeness (QED) is 0.159. The maximum atomic E-state index is 13.6. The van der Waals surface area contributed by atoms with Crippen LogP contribution in [-0.4, -0.2) is 40.8 Å². The van der Waals surface area contributed by atoms with Gasteiger partial charge in [-0.15, -0.1) is 0 Å². The summed E-state index contributed by atoms with van der Waals surface area (Å²) in [6.45, 7) is 3.13. The molecular weight excluding hydrogens is 558 g/mol. The Bertz CT molecular complexity index is 1740. The Morgan fingerprint density at radius 3 is 2.50 bits per heavy atom. The van der Waals surface area contributed by atoms with Crippen molar-refractivity contribution in [3.05, 3.63) is 118 Å². The van der Waals surface area contributed by atoms with Crippen molar-refractivity contribution in [2.24, 2.45) is 5.84 Å². The summed E-state index contributed by atoms with van der Waals surface area (Å²) in [4.78, 5) is 46.1. The Labute approximate surface area is 255 Å². The molecule has 0 aliphatic carbocycles. The van der Waals surface area contributed by atoms with Gasteiger partial charge in [0.15, 0.2) is 11.5 Å². The first-order chi connectivity index (χ1) is 21.3. The van der Waals surface area contributed by atoms with E-state index in [0.29, 0.717) is 47.9 Å². The molecule has 0 radical (unpaired) electrons. The summed E-state index contributed by atoms with van der Waals surface area (Å²) in [5.74, 6) is 5.52. The van der Waals surface area contributed by atoms with Crippen LogP contribution in [0.4, 0.5) is 5.69 Å². The standard InChI is InChI=1S/C34H33N5O5/c1-21(8-9-22-6-4-3-5-7-22)44-31-15-26(12-13-30(31)43-2)39-20-24-11-10-23(14-27(24)34(39)42)18-38-19-25-17-36-29(32(40)37-35)16-28(25)33(38)41/h3-7,10-17,21H,8-9,18-20,35H2,1-2H3,(H,37,40). The molecule has 2 aliphatic heterocycles. The predicted molar refractivity (Wildman–Crippen MR) is 164 cm³/mol. The summed E-state index contributed by atoms with van der Waals surface area (Å²) < 4.78 is 11.9. The van der Waals surface area contributed by atoms with Gasteiger partial charge in [-0.2, -0.15) is 0 Å². The van der Waals surface area contributed by atoms with Gasteiger partial charge in [0.1, 0.15) is 5.69 Å². The zero-order chi connectivity index (χ0) is 30.8. The lowest BCUT2D eigenvalue weighted by Crippen LogP contribution is -2.31. The average Bonchev–Trinajstić information content (AvgIpc) is 3.55. The third-order valence-electron chi connectivity index (χ3n) is 8.05. The molecule has 1 aromatic heterocycles. The van der Waals surface area contributed by atoms with Crippen LogP contribution in [0, 0.1) is 0 Å². The van der Waals surface area contributed by atoms with Gasteiger partial charge in [-0.1, -0.05) is 42.5 Å². The number of carbonyl (C=O) groups excluding carboxylic acids is 3. The maximum Gasteiger partial charge on any atom is 0.283 e. The van der Waals surface area contributed by atoms with E-state index in [2.05, 4.69) is 17.1 Å². The molecule has 3 heterocycles. The fourth-order valence-electron chi connectivity index (χ4n) is 5.67. The molecule has 3 aromatic carbocycles. The minimum atomic E-state index is -0.561. The molecule has 3 amide bonds. The number of nitrogens with zero attached hydrogens (tertiary/aromatic N) is 3. The Morgan fingerprint density at radius 2 is 1.73 bits per heavy atom. The summed E-state index contributed by atoms with van der Waals surface area (Å²) in [7, 11) is 1.60. The largest absolute Gasteiger partial charge is 0.493 e. The second-order valence-electron chi connectivity index (χ2n) is 11.0. The van der Waals surface area contributed by atoms with Gasteiger partial charge in [-0.3, -0.25) is 24.8 Å². The number of nitrogen functional groups attached to an aromatic ring is 1. The van der Waals surface area contributed by atoms with Crippen molar-refractivity contribution in [1.82, 2.24) is 15.3 Å². The number of fused-ring (bicyclic) bond motifs is 2. The van der Waals surface area contributed by atoms with Gasteiger partial charge < -0.3 is 19.3 Å². The van der Waals surface area contributed by atoms with E-state index in [1.54, 1.807) is 16.9 Å². The lowest BCUT2D eigenvalue weighted by molar-refractivity contribution is 0.0766. The van der Waals surface area contributed by atoms with Crippen LogP contribution in [0.2, 0.25) is 0 Å². The number of ether oxygens (including phenoxy) is 2. The monoisotopic (exact) mass is 591 g/mol. The highest BCUT2D eigenvalue weighted by atomic mass is 16.5. The molecule has 224 valence electrons. The van der Waals surface area contributed by atoms with E-state index in [9.17, 15) is 14.4 Å². The molecule has 0 spiro atoms. The van der Waals surface area contributed by atoms with E-state index in [1.165, 1.54) is 17.8 Å². The fourth-order valence-corrected chi connectivity index (χ4v) is 5.67. The summed E-state index contributed by atoms with van der Waals surface area (Å²) in [6, 6.07) is 23.0. The highest BCUT2D eigenvalue weighted by Crippen LogP contribution is 2.37. The van der Waals surface area contributed by atoms with Crippen LogP contribution in [0.15, 0.2) is 79.0 Å². The Hall–Kier alpha value is -5.22. The molecule has 3 N–H and O–H groups in total. The summed E-state index contributed by atoms with van der Waals surface area (Å²) >= 11 is 0. The fraction of sp³-hybridized carbons (Fsp3) is 0.235. The number of hydrazine groups is 1. The molecule has 1 atom stereocenters. The van der Waals surface area contributed by atoms with Gasteiger partial charge in [-0.25, -0.2) is 5.84 Å². The van der Waals surface area contributed by atoms with Gasteiger partial charge in [0.25, 0.3) is 17.7 Å². The minimum absolute atomic E-state index is 0.0620. The number of anilines is 1. The van der Waals surface area contributed by atoms with Crippen LogP contribution < -0.4 is 25.6 Å².